The fourth-order valence-corrected chi connectivity index (χ4v) is 2.76. The number of likely N-dealkylation sites (N-methyl/N-ethyl adjacent to an activating group) is 1. The Bertz CT molecular complexity index is 538. The van der Waals surface area contributed by atoms with Crippen molar-refractivity contribution in [1.29, 1.82) is 0 Å². The van der Waals surface area contributed by atoms with Crippen molar-refractivity contribution >= 4 is 33.4 Å². The van der Waals surface area contributed by atoms with E-state index in [9.17, 15) is 4.79 Å². The van der Waals surface area contributed by atoms with Gasteiger partial charge in [-0.1, -0.05) is 19.1 Å². The molecule has 4 nitrogen and oxygen atoms in total. The summed E-state index contributed by atoms with van der Waals surface area (Å²) in [6, 6.07) is 7.28. The van der Waals surface area contributed by atoms with Gasteiger partial charge in [-0.15, -0.1) is 0 Å². The SMILES string of the molecule is CCC(C(=O)O)N(C)c1snc2ccccc12. The van der Waals surface area contributed by atoms with E-state index in [1.165, 1.54) is 11.5 Å². The average molecular weight is 250 g/mol. The zero-order chi connectivity index (χ0) is 12.4. The van der Waals surface area contributed by atoms with Crippen LogP contribution in [0.1, 0.15) is 13.3 Å². The largest absolute Gasteiger partial charge is 0.480 e. The van der Waals surface area contributed by atoms with E-state index in [0.29, 0.717) is 6.42 Å². The normalized spacial score (nSPS) is 12.6. The molecule has 1 aromatic heterocycles. The van der Waals surface area contributed by atoms with Crippen molar-refractivity contribution in [3.8, 4) is 0 Å². The van der Waals surface area contributed by atoms with Crippen LogP contribution in [-0.2, 0) is 4.79 Å². The minimum atomic E-state index is -0.799. The smallest absolute Gasteiger partial charge is 0.326 e. The lowest BCUT2D eigenvalue weighted by Crippen LogP contribution is -2.37. The van der Waals surface area contributed by atoms with Crippen molar-refractivity contribution in [1.82, 2.24) is 4.37 Å². The molecule has 0 amide bonds. The van der Waals surface area contributed by atoms with Gasteiger partial charge in [-0.25, -0.2) is 4.79 Å². The zero-order valence-corrected chi connectivity index (χ0v) is 10.6. The fourth-order valence-electron chi connectivity index (χ4n) is 1.89. The van der Waals surface area contributed by atoms with E-state index in [1.54, 1.807) is 4.90 Å². The number of carboxylic acid groups (broad SMARTS) is 1. The Labute approximate surface area is 104 Å². The molecule has 0 radical (unpaired) electrons. The third-order valence-electron chi connectivity index (χ3n) is 2.82. The van der Waals surface area contributed by atoms with Gasteiger partial charge in [0.1, 0.15) is 11.0 Å². The first-order valence-corrected chi connectivity index (χ1v) is 6.22. The summed E-state index contributed by atoms with van der Waals surface area (Å²) in [5.74, 6) is -0.799. The van der Waals surface area contributed by atoms with E-state index in [4.69, 9.17) is 5.11 Å². The van der Waals surface area contributed by atoms with Crippen LogP contribution < -0.4 is 4.90 Å². The van der Waals surface area contributed by atoms with Crippen LogP contribution in [0.25, 0.3) is 10.9 Å². The zero-order valence-electron chi connectivity index (χ0n) is 9.75. The van der Waals surface area contributed by atoms with Crippen LogP contribution in [0, 0.1) is 0 Å². The number of fused-ring (bicyclic) bond motifs is 1. The molecule has 0 fully saturated rings. The predicted octanol–water partition coefficient (Wildman–Crippen LogP) is 2.60. The molecular weight excluding hydrogens is 236 g/mol. The maximum absolute atomic E-state index is 11.1. The first kappa shape index (κ1) is 11.9. The number of hydrogen-bond acceptors (Lipinski definition) is 4. The highest BCUT2D eigenvalue weighted by Crippen LogP contribution is 2.31. The molecule has 17 heavy (non-hydrogen) atoms. The maximum atomic E-state index is 11.1. The molecule has 1 N–H and O–H groups in total. The Morgan fingerprint density at radius 2 is 2.24 bits per heavy atom. The molecule has 90 valence electrons. The van der Waals surface area contributed by atoms with Crippen LogP contribution in [-0.4, -0.2) is 28.5 Å². The van der Waals surface area contributed by atoms with Gasteiger partial charge in [-0.3, -0.25) is 0 Å². The molecule has 1 unspecified atom stereocenters. The third-order valence-corrected chi connectivity index (χ3v) is 3.79. The van der Waals surface area contributed by atoms with Gasteiger partial charge in [0.25, 0.3) is 0 Å². The van der Waals surface area contributed by atoms with Gasteiger partial charge in [-0.2, -0.15) is 4.37 Å². The lowest BCUT2D eigenvalue weighted by Gasteiger charge is -2.24. The molecule has 0 saturated heterocycles. The summed E-state index contributed by atoms with van der Waals surface area (Å²) in [7, 11) is 1.81. The van der Waals surface area contributed by atoms with E-state index in [2.05, 4.69) is 4.37 Å². The maximum Gasteiger partial charge on any atom is 0.326 e. The number of hydrogen-bond donors (Lipinski definition) is 1. The second-order valence-electron chi connectivity index (χ2n) is 3.88. The molecule has 0 spiro atoms. The second-order valence-corrected chi connectivity index (χ2v) is 4.63. The van der Waals surface area contributed by atoms with Gasteiger partial charge < -0.3 is 10.0 Å². The number of carboxylic acids is 1. The van der Waals surface area contributed by atoms with Crippen LogP contribution in [0.4, 0.5) is 5.00 Å². The van der Waals surface area contributed by atoms with Crippen LogP contribution in [0.3, 0.4) is 0 Å². The van der Waals surface area contributed by atoms with Crippen molar-refractivity contribution in [2.24, 2.45) is 0 Å². The monoisotopic (exact) mass is 250 g/mol. The number of rotatable bonds is 4. The van der Waals surface area contributed by atoms with Crippen LogP contribution >= 0.6 is 11.5 Å². The summed E-state index contributed by atoms with van der Waals surface area (Å²) in [6.07, 6.45) is 0.568. The summed E-state index contributed by atoms with van der Waals surface area (Å²) in [4.78, 5) is 12.9. The van der Waals surface area contributed by atoms with Gasteiger partial charge in [0.2, 0.25) is 0 Å². The number of nitrogens with zero attached hydrogens (tertiary/aromatic N) is 2. The Morgan fingerprint density at radius 1 is 1.53 bits per heavy atom. The molecule has 2 rings (SSSR count). The van der Waals surface area contributed by atoms with E-state index in [1.807, 2.05) is 38.2 Å². The predicted molar refractivity (Wildman–Crippen MR) is 69.7 cm³/mol. The minimum absolute atomic E-state index is 0.501. The highest BCUT2D eigenvalue weighted by Gasteiger charge is 2.23. The molecule has 0 bridgehead atoms. The van der Waals surface area contributed by atoms with Crippen molar-refractivity contribution in [3.63, 3.8) is 0 Å². The van der Waals surface area contributed by atoms with Gasteiger partial charge in [0.15, 0.2) is 0 Å². The lowest BCUT2D eigenvalue weighted by molar-refractivity contribution is -0.138. The highest BCUT2D eigenvalue weighted by molar-refractivity contribution is 7.11. The highest BCUT2D eigenvalue weighted by atomic mass is 32.1. The summed E-state index contributed by atoms with van der Waals surface area (Å²) < 4.78 is 4.32. The number of anilines is 1. The molecule has 0 saturated carbocycles. The van der Waals surface area contributed by atoms with Gasteiger partial charge in [0.05, 0.1) is 5.52 Å². The summed E-state index contributed by atoms with van der Waals surface area (Å²) in [5.41, 5.74) is 0.916. The van der Waals surface area contributed by atoms with E-state index >= 15 is 0 Å². The Balaban J connectivity index is 2.42. The van der Waals surface area contributed by atoms with Crippen molar-refractivity contribution < 1.29 is 9.90 Å². The summed E-state index contributed by atoms with van der Waals surface area (Å²) in [5, 5.41) is 11.1. The minimum Gasteiger partial charge on any atom is -0.480 e. The number of benzene rings is 1. The number of carbonyl (C=O) groups is 1. The third kappa shape index (κ3) is 2.10. The quantitative estimate of drug-likeness (QED) is 0.906. The van der Waals surface area contributed by atoms with Gasteiger partial charge in [-0.05, 0) is 30.1 Å². The van der Waals surface area contributed by atoms with Gasteiger partial charge >= 0.3 is 5.97 Å². The Kier molecular flexibility index (Phi) is 3.28. The summed E-state index contributed by atoms with van der Waals surface area (Å²) >= 11 is 1.34. The van der Waals surface area contributed by atoms with Crippen molar-refractivity contribution in [3.05, 3.63) is 24.3 Å². The first-order chi connectivity index (χ1) is 8.15. The molecule has 5 heteroatoms. The molecule has 1 heterocycles. The van der Waals surface area contributed by atoms with Crippen molar-refractivity contribution in [2.45, 2.75) is 19.4 Å². The number of aliphatic carboxylic acids is 1. The molecule has 0 aliphatic heterocycles. The molecule has 1 atom stereocenters. The van der Waals surface area contributed by atoms with E-state index < -0.39 is 12.0 Å². The fraction of sp³-hybridized carbons (Fsp3) is 0.333. The van der Waals surface area contributed by atoms with Crippen molar-refractivity contribution in [2.75, 3.05) is 11.9 Å². The Hall–Kier alpha value is -1.62. The standard InChI is InChI=1S/C12H14N2O2S/c1-3-10(12(15)16)14(2)11-8-6-4-5-7-9(8)13-17-11/h4-7,10H,3H2,1-2H3,(H,15,16). The number of aromatic nitrogens is 1. The second kappa shape index (κ2) is 4.71. The molecule has 0 aliphatic carbocycles. The first-order valence-electron chi connectivity index (χ1n) is 5.45. The topological polar surface area (TPSA) is 53.4 Å². The summed E-state index contributed by atoms with van der Waals surface area (Å²) in [6.45, 7) is 1.87. The van der Waals surface area contributed by atoms with E-state index in [0.717, 1.165) is 15.9 Å². The van der Waals surface area contributed by atoms with Gasteiger partial charge in [0, 0.05) is 12.4 Å². The average Bonchev–Trinajstić information content (AvgIpc) is 2.72. The van der Waals surface area contributed by atoms with Crippen LogP contribution in [0.2, 0.25) is 0 Å². The molecule has 2 aromatic rings. The van der Waals surface area contributed by atoms with E-state index in [-0.39, 0.29) is 0 Å². The lowest BCUT2D eigenvalue weighted by atomic mass is 10.2. The molecular formula is C12H14N2O2S. The van der Waals surface area contributed by atoms with Crippen LogP contribution in [0.5, 0.6) is 0 Å². The Morgan fingerprint density at radius 3 is 2.88 bits per heavy atom. The van der Waals surface area contributed by atoms with Crippen LogP contribution in [0.15, 0.2) is 24.3 Å². The molecule has 1 aromatic carbocycles. The molecule has 0 aliphatic rings.